The zero-order chi connectivity index (χ0) is 21.2. The molecule has 8 nitrogen and oxygen atoms in total. The quantitative estimate of drug-likeness (QED) is 0.549. The first-order valence-corrected chi connectivity index (χ1v) is 10.7. The molecule has 2 aromatic carbocycles. The van der Waals surface area contributed by atoms with Gasteiger partial charge in [0.15, 0.2) is 4.90 Å². The van der Waals surface area contributed by atoms with Crippen LogP contribution < -0.4 is 0 Å². The van der Waals surface area contributed by atoms with Gasteiger partial charge >= 0.3 is 0 Å². The van der Waals surface area contributed by atoms with E-state index in [4.69, 9.17) is 0 Å². The lowest BCUT2D eigenvalue weighted by Crippen LogP contribution is -2.50. The summed E-state index contributed by atoms with van der Waals surface area (Å²) in [5.41, 5.74) is 2.64. The summed E-state index contributed by atoms with van der Waals surface area (Å²) in [6.07, 6.45) is 0.268. The maximum absolute atomic E-state index is 12.9. The molecule has 154 valence electrons. The summed E-state index contributed by atoms with van der Waals surface area (Å²) in [5.74, 6) is -0.0542. The Kier molecular flexibility index (Phi) is 5.99. The molecular formula is C20H23N3O5S. The van der Waals surface area contributed by atoms with E-state index in [9.17, 15) is 23.3 Å². The van der Waals surface area contributed by atoms with Gasteiger partial charge in [0.2, 0.25) is 15.9 Å². The predicted molar refractivity (Wildman–Crippen MR) is 108 cm³/mol. The summed E-state index contributed by atoms with van der Waals surface area (Å²) in [7, 11) is -4.00. The number of rotatable bonds is 5. The van der Waals surface area contributed by atoms with Crippen LogP contribution in [0.25, 0.3) is 0 Å². The SMILES string of the molecule is Cc1ccc(C)c(CC(=O)N2CCN(S(=O)(=O)c3ccccc3[N+](=O)[O-])CC2)c1. The molecule has 0 aromatic heterocycles. The molecular weight excluding hydrogens is 394 g/mol. The normalized spacial score (nSPS) is 15.3. The lowest BCUT2D eigenvalue weighted by Gasteiger charge is -2.34. The Morgan fingerprint density at radius 2 is 1.72 bits per heavy atom. The van der Waals surface area contributed by atoms with E-state index in [2.05, 4.69) is 0 Å². The Morgan fingerprint density at radius 1 is 1.07 bits per heavy atom. The summed E-state index contributed by atoms with van der Waals surface area (Å²) >= 11 is 0. The van der Waals surface area contributed by atoms with E-state index in [1.54, 1.807) is 4.90 Å². The van der Waals surface area contributed by atoms with E-state index in [0.29, 0.717) is 0 Å². The molecule has 0 saturated carbocycles. The zero-order valence-electron chi connectivity index (χ0n) is 16.4. The number of nitro groups is 1. The molecule has 2 aromatic rings. The zero-order valence-corrected chi connectivity index (χ0v) is 17.2. The van der Waals surface area contributed by atoms with Crippen LogP contribution in [0.1, 0.15) is 16.7 Å². The van der Waals surface area contributed by atoms with Crippen molar-refractivity contribution < 1.29 is 18.1 Å². The van der Waals surface area contributed by atoms with Crippen LogP contribution in [0, 0.1) is 24.0 Å². The molecule has 1 aliphatic rings. The number of hydrogen-bond acceptors (Lipinski definition) is 5. The number of aryl methyl sites for hydroxylation is 2. The Labute approximate surface area is 169 Å². The number of carbonyl (C=O) groups excluding carboxylic acids is 1. The molecule has 0 N–H and O–H groups in total. The molecule has 0 unspecified atom stereocenters. The van der Waals surface area contributed by atoms with Crippen molar-refractivity contribution in [2.45, 2.75) is 25.2 Å². The molecule has 1 fully saturated rings. The number of nitro benzene ring substituents is 1. The molecule has 0 atom stereocenters. The van der Waals surface area contributed by atoms with Gasteiger partial charge in [0.25, 0.3) is 5.69 Å². The Balaban J connectivity index is 1.69. The minimum Gasteiger partial charge on any atom is -0.340 e. The second-order valence-corrected chi connectivity index (χ2v) is 9.02. The first-order valence-electron chi connectivity index (χ1n) is 9.27. The lowest BCUT2D eigenvalue weighted by atomic mass is 10.0. The average Bonchev–Trinajstić information content (AvgIpc) is 2.70. The van der Waals surface area contributed by atoms with Gasteiger partial charge in [-0.3, -0.25) is 14.9 Å². The third-order valence-electron chi connectivity index (χ3n) is 5.12. The van der Waals surface area contributed by atoms with Gasteiger partial charge in [-0.05, 0) is 31.0 Å². The molecule has 9 heteroatoms. The molecule has 0 spiro atoms. The molecule has 1 aliphatic heterocycles. The maximum atomic E-state index is 12.9. The van der Waals surface area contributed by atoms with E-state index in [1.165, 1.54) is 28.6 Å². The lowest BCUT2D eigenvalue weighted by molar-refractivity contribution is -0.387. The van der Waals surface area contributed by atoms with Crippen LogP contribution in [0.2, 0.25) is 0 Å². The monoisotopic (exact) mass is 417 g/mol. The summed E-state index contributed by atoms with van der Waals surface area (Å²) in [4.78, 5) is 24.5. The van der Waals surface area contributed by atoms with E-state index >= 15 is 0 Å². The number of piperazine rings is 1. The second kappa shape index (κ2) is 8.30. The molecule has 29 heavy (non-hydrogen) atoms. The van der Waals surface area contributed by atoms with Gasteiger partial charge < -0.3 is 4.90 Å². The first kappa shape index (κ1) is 20.9. The fourth-order valence-electron chi connectivity index (χ4n) is 3.41. The van der Waals surface area contributed by atoms with Crippen LogP contribution in [0.3, 0.4) is 0 Å². The van der Waals surface area contributed by atoms with Gasteiger partial charge in [-0.15, -0.1) is 0 Å². The van der Waals surface area contributed by atoms with E-state index in [0.717, 1.165) is 16.7 Å². The number of nitrogens with zero attached hydrogens (tertiary/aromatic N) is 3. The van der Waals surface area contributed by atoms with E-state index < -0.39 is 20.6 Å². The fraction of sp³-hybridized carbons (Fsp3) is 0.350. The summed E-state index contributed by atoms with van der Waals surface area (Å²) < 4.78 is 27.0. The fourth-order valence-corrected chi connectivity index (χ4v) is 4.99. The van der Waals surface area contributed by atoms with Crippen molar-refractivity contribution in [3.63, 3.8) is 0 Å². The molecule has 3 rings (SSSR count). The van der Waals surface area contributed by atoms with Crippen molar-refractivity contribution in [1.29, 1.82) is 0 Å². The summed E-state index contributed by atoms with van der Waals surface area (Å²) in [6.45, 7) is 4.64. The standard InChI is InChI=1S/C20H23N3O5S/c1-15-7-8-16(2)17(13-15)14-20(24)21-9-11-22(12-10-21)29(27,28)19-6-4-3-5-18(19)23(25)26/h3-8,13H,9-12,14H2,1-2H3. The predicted octanol–water partition coefficient (Wildman–Crippen LogP) is 2.29. The van der Waals surface area contributed by atoms with Gasteiger partial charge in [-0.1, -0.05) is 35.9 Å². The molecule has 1 saturated heterocycles. The number of para-hydroxylation sites is 1. The number of amides is 1. The van der Waals surface area contributed by atoms with Crippen molar-refractivity contribution in [2.24, 2.45) is 0 Å². The van der Waals surface area contributed by atoms with E-state index in [-0.39, 0.29) is 43.4 Å². The second-order valence-electron chi connectivity index (χ2n) is 7.12. The van der Waals surface area contributed by atoms with Gasteiger partial charge in [0.05, 0.1) is 11.3 Å². The van der Waals surface area contributed by atoms with Crippen LogP contribution in [0.5, 0.6) is 0 Å². The Morgan fingerprint density at radius 3 is 2.38 bits per heavy atom. The van der Waals surface area contributed by atoms with Crippen LogP contribution in [0.15, 0.2) is 47.4 Å². The minimum atomic E-state index is -4.00. The van der Waals surface area contributed by atoms with Gasteiger partial charge in [0, 0.05) is 32.2 Å². The largest absolute Gasteiger partial charge is 0.340 e. The van der Waals surface area contributed by atoms with Crippen molar-refractivity contribution in [1.82, 2.24) is 9.21 Å². The third kappa shape index (κ3) is 4.46. The smallest absolute Gasteiger partial charge is 0.289 e. The molecule has 0 radical (unpaired) electrons. The topological polar surface area (TPSA) is 101 Å². The highest BCUT2D eigenvalue weighted by atomic mass is 32.2. The Bertz CT molecular complexity index is 1040. The number of hydrogen-bond donors (Lipinski definition) is 0. The number of benzene rings is 2. The summed E-state index contributed by atoms with van der Waals surface area (Å²) in [5, 5.41) is 11.2. The van der Waals surface area contributed by atoms with E-state index in [1.807, 2.05) is 32.0 Å². The van der Waals surface area contributed by atoms with Crippen molar-refractivity contribution in [3.8, 4) is 0 Å². The maximum Gasteiger partial charge on any atom is 0.289 e. The van der Waals surface area contributed by atoms with Gasteiger partial charge in [-0.25, -0.2) is 8.42 Å². The Hall–Kier alpha value is -2.78. The van der Waals surface area contributed by atoms with Crippen molar-refractivity contribution in [3.05, 3.63) is 69.3 Å². The molecule has 1 heterocycles. The highest BCUT2D eigenvalue weighted by Crippen LogP contribution is 2.27. The number of carbonyl (C=O) groups is 1. The summed E-state index contributed by atoms with van der Waals surface area (Å²) in [6, 6.07) is 11.3. The highest BCUT2D eigenvalue weighted by molar-refractivity contribution is 7.89. The van der Waals surface area contributed by atoms with Crippen LogP contribution in [0.4, 0.5) is 5.69 Å². The van der Waals surface area contributed by atoms with Crippen LogP contribution in [-0.2, 0) is 21.2 Å². The van der Waals surface area contributed by atoms with Gasteiger partial charge in [-0.2, -0.15) is 4.31 Å². The van der Waals surface area contributed by atoms with Crippen LogP contribution in [-0.4, -0.2) is 54.6 Å². The first-order chi connectivity index (χ1) is 13.7. The van der Waals surface area contributed by atoms with Crippen LogP contribution >= 0.6 is 0 Å². The number of sulfonamides is 1. The molecule has 0 bridgehead atoms. The van der Waals surface area contributed by atoms with Gasteiger partial charge in [0.1, 0.15) is 0 Å². The minimum absolute atomic E-state index is 0.0542. The molecule has 1 amide bonds. The highest BCUT2D eigenvalue weighted by Gasteiger charge is 2.34. The molecule has 0 aliphatic carbocycles. The van der Waals surface area contributed by atoms with Crippen molar-refractivity contribution in [2.75, 3.05) is 26.2 Å². The average molecular weight is 417 g/mol. The third-order valence-corrected chi connectivity index (χ3v) is 7.06. The van der Waals surface area contributed by atoms with Crippen molar-refractivity contribution >= 4 is 21.6 Å².